The number of aromatic nitrogens is 1. The molecule has 0 spiro atoms. The van der Waals surface area contributed by atoms with E-state index < -0.39 is 35.8 Å². The molecule has 12 nitrogen and oxygen atoms in total. The lowest BCUT2D eigenvalue weighted by molar-refractivity contribution is -0.137. The van der Waals surface area contributed by atoms with Crippen molar-refractivity contribution >= 4 is 34.8 Å². The lowest BCUT2D eigenvalue weighted by Gasteiger charge is -2.37. The number of carbonyl (C=O) groups is 4. The molecule has 2 N–H and O–H groups in total. The second-order valence-corrected chi connectivity index (χ2v) is 8.87. The normalized spacial score (nSPS) is 17.0. The third kappa shape index (κ3) is 4.65. The van der Waals surface area contributed by atoms with Crippen molar-refractivity contribution in [3.63, 3.8) is 0 Å². The molecule has 0 saturated heterocycles. The predicted molar refractivity (Wildman–Crippen MR) is 129 cm³/mol. The fourth-order valence-corrected chi connectivity index (χ4v) is 3.91. The van der Waals surface area contributed by atoms with E-state index in [4.69, 9.17) is 13.9 Å². The van der Waals surface area contributed by atoms with Gasteiger partial charge in [-0.15, -0.1) is 0 Å². The number of carboxylic acid groups (broad SMARTS) is 1. The van der Waals surface area contributed by atoms with E-state index in [9.17, 15) is 24.3 Å². The molecule has 194 valence electrons. The van der Waals surface area contributed by atoms with E-state index in [0.717, 1.165) is 16.7 Å². The topological polar surface area (TPSA) is 152 Å². The second kappa shape index (κ2) is 9.80. The SMILES string of the molecule is COc1ccccc1CNC(=O)C1(C)COc2c(oc3cc(C(=O)O)cnc23)C(=O)N1CC(=O)N(C)C. The number of carbonyl (C=O) groups excluding carboxylic acids is 3. The summed E-state index contributed by atoms with van der Waals surface area (Å²) in [6.45, 7) is 0.850. The largest absolute Gasteiger partial charge is 0.496 e. The van der Waals surface area contributed by atoms with Crippen molar-refractivity contribution in [2.24, 2.45) is 0 Å². The zero-order valence-corrected chi connectivity index (χ0v) is 20.7. The van der Waals surface area contributed by atoms with Crippen LogP contribution in [0.25, 0.3) is 11.1 Å². The maximum absolute atomic E-state index is 13.7. The Bertz CT molecular complexity index is 1400. The minimum Gasteiger partial charge on any atom is -0.496 e. The minimum absolute atomic E-state index is 0.0273. The van der Waals surface area contributed by atoms with E-state index >= 15 is 0 Å². The molecule has 2 aromatic heterocycles. The fourth-order valence-electron chi connectivity index (χ4n) is 3.91. The maximum atomic E-state index is 13.7. The standard InChI is InChI=1S/C25H26N4O8/c1-25(24(34)27-10-14-7-5-6-8-16(14)35-4)13-36-20-19-17(9-15(11-26-19)23(32)33)37-21(20)22(31)29(25)12-18(30)28(2)3/h5-9,11H,10,12-13H2,1-4H3,(H,27,34)(H,32,33). The Kier molecular flexibility index (Phi) is 6.75. The van der Waals surface area contributed by atoms with Gasteiger partial charge in [-0.3, -0.25) is 14.4 Å². The van der Waals surface area contributed by atoms with Crippen LogP contribution in [-0.2, 0) is 16.1 Å². The summed E-state index contributed by atoms with van der Waals surface area (Å²) < 4.78 is 16.9. The average Bonchev–Trinajstić information content (AvgIpc) is 3.21. The monoisotopic (exact) mass is 510 g/mol. The number of pyridine rings is 1. The number of fused-ring (bicyclic) bond motifs is 3. The number of likely N-dealkylation sites (N-methyl/N-ethyl adjacent to an activating group) is 1. The number of rotatable bonds is 7. The van der Waals surface area contributed by atoms with E-state index in [0.29, 0.717) is 5.75 Å². The van der Waals surface area contributed by atoms with Gasteiger partial charge in [-0.2, -0.15) is 0 Å². The zero-order valence-electron chi connectivity index (χ0n) is 20.7. The van der Waals surface area contributed by atoms with Gasteiger partial charge in [-0.25, -0.2) is 9.78 Å². The highest BCUT2D eigenvalue weighted by molar-refractivity contribution is 6.05. The first-order valence-electron chi connectivity index (χ1n) is 11.3. The number of amides is 3. The molecule has 1 unspecified atom stereocenters. The summed E-state index contributed by atoms with van der Waals surface area (Å²) in [5.74, 6) is -2.70. The first-order chi connectivity index (χ1) is 17.6. The predicted octanol–water partition coefficient (Wildman–Crippen LogP) is 1.53. The fraction of sp³-hybridized carbons (Fsp3) is 0.320. The summed E-state index contributed by atoms with van der Waals surface area (Å²) in [6.07, 6.45) is 1.12. The van der Waals surface area contributed by atoms with Gasteiger partial charge in [0.2, 0.25) is 17.6 Å². The highest BCUT2D eigenvalue weighted by Crippen LogP contribution is 2.37. The minimum atomic E-state index is -1.61. The molecule has 0 fully saturated rings. The molecule has 3 heterocycles. The van der Waals surface area contributed by atoms with Crippen LogP contribution >= 0.6 is 0 Å². The third-order valence-electron chi connectivity index (χ3n) is 6.18. The molecule has 4 rings (SSSR count). The van der Waals surface area contributed by atoms with E-state index in [1.807, 2.05) is 0 Å². The molecule has 0 bridgehead atoms. The number of hydrogen-bond donors (Lipinski definition) is 2. The Labute approximate surface area is 211 Å². The molecule has 3 amide bonds. The summed E-state index contributed by atoms with van der Waals surface area (Å²) in [7, 11) is 4.58. The van der Waals surface area contributed by atoms with Gasteiger partial charge in [0.15, 0.2) is 22.4 Å². The van der Waals surface area contributed by atoms with Crippen molar-refractivity contribution < 1.29 is 38.2 Å². The van der Waals surface area contributed by atoms with Crippen molar-refractivity contribution in [1.29, 1.82) is 0 Å². The van der Waals surface area contributed by atoms with Crippen LogP contribution < -0.4 is 14.8 Å². The number of ether oxygens (including phenoxy) is 2. The highest BCUT2D eigenvalue weighted by Gasteiger charge is 2.49. The number of nitrogens with one attached hydrogen (secondary N) is 1. The van der Waals surface area contributed by atoms with Crippen LogP contribution in [0.15, 0.2) is 40.9 Å². The third-order valence-corrected chi connectivity index (χ3v) is 6.18. The van der Waals surface area contributed by atoms with Crippen molar-refractivity contribution in [1.82, 2.24) is 20.1 Å². The van der Waals surface area contributed by atoms with E-state index in [1.165, 1.54) is 39.1 Å². The summed E-state index contributed by atoms with van der Waals surface area (Å²) in [5.41, 5.74) is -0.869. The molecule has 0 radical (unpaired) electrons. The molecule has 12 heteroatoms. The number of aromatic carboxylic acids is 1. The average molecular weight is 511 g/mol. The van der Waals surface area contributed by atoms with Crippen LogP contribution in [-0.4, -0.2) is 83.5 Å². The molecule has 1 aliphatic rings. The Morgan fingerprint density at radius 3 is 2.68 bits per heavy atom. The first-order valence-corrected chi connectivity index (χ1v) is 11.3. The van der Waals surface area contributed by atoms with Crippen molar-refractivity contribution in [3.05, 3.63) is 53.4 Å². The van der Waals surface area contributed by atoms with Crippen LogP contribution in [0.5, 0.6) is 11.5 Å². The van der Waals surface area contributed by atoms with Crippen molar-refractivity contribution in [2.75, 3.05) is 34.4 Å². The Morgan fingerprint density at radius 1 is 1.27 bits per heavy atom. The van der Waals surface area contributed by atoms with Gasteiger partial charge < -0.3 is 34.1 Å². The molecule has 0 aliphatic carbocycles. The number of para-hydroxylation sites is 1. The Balaban J connectivity index is 1.71. The molecule has 1 atom stereocenters. The summed E-state index contributed by atoms with van der Waals surface area (Å²) >= 11 is 0. The van der Waals surface area contributed by atoms with Crippen LogP contribution in [0.3, 0.4) is 0 Å². The van der Waals surface area contributed by atoms with Gasteiger partial charge in [-0.1, -0.05) is 18.2 Å². The smallest absolute Gasteiger partial charge is 0.337 e. The lowest BCUT2D eigenvalue weighted by Crippen LogP contribution is -2.62. The van der Waals surface area contributed by atoms with Gasteiger partial charge in [0.25, 0.3) is 5.91 Å². The van der Waals surface area contributed by atoms with Crippen molar-refractivity contribution in [3.8, 4) is 11.5 Å². The molecule has 3 aromatic rings. The Hall–Kier alpha value is -4.61. The van der Waals surface area contributed by atoms with Gasteiger partial charge in [0.05, 0.1) is 12.7 Å². The molecular weight excluding hydrogens is 484 g/mol. The van der Waals surface area contributed by atoms with Gasteiger partial charge in [0, 0.05) is 32.4 Å². The van der Waals surface area contributed by atoms with Crippen LogP contribution in [0, 0.1) is 0 Å². The number of carboxylic acids is 1. The lowest BCUT2D eigenvalue weighted by atomic mass is 9.98. The quantitative estimate of drug-likeness (QED) is 0.482. The summed E-state index contributed by atoms with van der Waals surface area (Å²) in [4.78, 5) is 57.8. The Morgan fingerprint density at radius 2 is 2.00 bits per heavy atom. The number of furan rings is 1. The van der Waals surface area contributed by atoms with E-state index in [2.05, 4.69) is 10.3 Å². The van der Waals surface area contributed by atoms with Gasteiger partial charge in [-0.05, 0) is 19.1 Å². The molecular formula is C25H26N4O8. The van der Waals surface area contributed by atoms with Crippen LogP contribution in [0.4, 0.5) is 0 Å². The van der Waals surface area contributed by atoms with Gasteiger partial charge in [0.1, 0.15) is 18.9 Å². The maximum Gasteiger partial charge on any atom is 0.337 e. The number of benzene rings is 1. The second-order valence-electron chi connectivity index (χ2n) is 8.87. The summed E-state index contributed by atoms with van der Waals surface area (Å²) in [6, 6.07) is 8.38. The zero-order chi connectivity index (χ0) is 26.9. The number of nitrogens with zero attached hydrogens (tertiary/aromatic N) is 3. The molecule has 1 aliphatic heterocycles. The van der Waals surface area contributed by atoms with Gasteiger partial charge >= 0.3 is 5.97 Å². The van der Waals surface area contributed by atoms with E-state index in [-0.39, 0.29) is 41.3 Å². The molecule has 37 heavy (non-hydrogen) atoms. The number of methoxy groups -OCH3 is 1. The summed E-state index contributed by atoms with van der Waals surface area (Å²) in [5, 5.41) is 12.1. The van der Waals surface area contributed by atoms with Crippen molar-refractivity contribution in [2.45, 2.75) is 19.0 Å². The highest BCUT2D eigenvalue weighted by atomic mass is 16.5. The molecule has 1 aromatic carbocycles. The molecule has 0 saturated carbocycles. The number of hydrogen-bond acceptors (Lipinski definition) is 8. The van der Waals surface area contributed by atoms with Crippen LogP contribution in [0.1, 0.15) is 33.4 Å². The first kappa shape index (κ1) is 25.5. The van der Waals surface area contributed by atoms with Crippen LogP contribution in [0.2, 0.25) is 0 Å². The van der Waals surface area contributed by atoms with E-state index in [1.54, 1.807) is 24.3 Å².